The Balaban J connectivity index is 1.91. The summed E-state index contributed by atoms with van der Waals surface area (Å²) in [6, 6.07) is 16.7. The van der Waals surface area contributed by atoms with E-state index in [0.717, 1.165) is 18.5 Å². The first-order valence-corrected chi connectivity index (χ1v) is 8.47. The van der Waals surface area contributed by atoms with E-state index >= 15 is 0 Å². The minimum absolute atomic E-state index is 0.0807. The summed E-state index contributed by atoms with van der Waals surface area (Å²) in [5.41, 5.74) is 2.25. The lowest BCUT2D eigenvalue weighted by Crippen LogP contribution is -2.40. The van der Waals surface area contributed by atoms with Crippen LogP contribution in [0.3, 0.4) is 0 Å². The van der Waals surface area contributed by atoms with Crippen LogP contribution in [0.4, 0.5) is 5.69 Å². The van der Waals surface area contributed by atoms with Crippen molar-refractivity contribution < 1.29 is 9.66 Å². The minimum atomic E-state index is -0.407. The van der Waals surface area contributed by atoms with Crippen LogP contribution >= 0.6 is 0 Å². The Hall–Kier alpha value is -2.93. The molecule has 26 heavy (non-hydrogen) atoms. The number of non-ortho nitro benzene ring substituents is 1. The van der Waals surface area contributed by atoms with Crippen molar-refractivity contribution in [2.45, 2.75) is 13.0 Å². The van der Waals surface area contributed by atoms with Gasteiger partial charge >= 0.3 is 0 Å². The van der Waals surface area contributed by atoms with Crippen LogP contribution in [0.1, 0.15) is 11.1 Å². The van der Waals surface area contributed by atoms with Gasteiger partial charge in [0.1, 0.15) is 0 Å². The van der Waals surface area contributed by atoms with Crippen molar-refractivity contribution in [3.63, 3.8) is 0 Å². The van der Waals surface area contributed by atoms with E-state index in [9.17, 15) is 10.1 Å². The van der Waals surface area contributed by atoms with E-state index in [1.807, 2.05) is 18.2 Å². The quantitative estimate of drug-likeness (QED) is 0.237. The van der Waals surface area contributed by atoms with Crippen molar-refractivity contribution in [2.24, 2.45) is 4.99 Å². The second-order valence-corrected chi connectivity index (χ2v) is 5.67. The summed E-state index contributed by atoms with van der Waals surface area (Å²) >= 11 is 0. The number of nitro groups is 1. The van der Waals surface area contributed by atoms with Crippen molar-refractivity contribution in [3.8, 4) is 0 Å². The monoisotopic (exact) mass is 356 g/mol. The van der Waals surface area contributed by atoms with Crippen molar-refractivity contribution in [2.75, 3.05) is 26.8 Å². The van der Waals surface area contributed by atoms with Gasteiger partial charge in [0.15, 0.2) is 5.96 Å². The molecule has 7 heteroatoms. The molecule has 0 bridgehead atoms. The fourth-order valence-electron chi connectivity index (χ4n) is 2.31. The highest BCUT2D eigenvalue weighted by Crippen LogP contribution is 2.12. The van der Waals surface area contributed by atoms with Crippen LogP contribution in [0, 0.1) is 10.1 Å². The third-order valence-electron chi connectivity index (χ3n) is 3.71. The second-order valence-electron chi connectivity index (χ2n) is 5.67. The summed E-state index contributed by atoms with van der Waals surface area (Å²) in [7, 11) is 1.65. The van der Waals surface area contributed by atoms with E-state index in [1.54, 1.807) is 19.2 Å². The summed E-state index contributed by atoms with van der Waals surface area (Å²) < 4.78 is 5.06. The number of guanidine groups is 1. The molecule has 0 amide bonds. The number of benzene rings is 2. The largest absolute Gasteiger partial charge is 0.383 e. The van der Waals surface area contributed by atoms with E-state index in [2.05, 4.69) is 27.8 Å². The molecule has 0 aromatic heterocycles. The van der Waals surface area contributed by atoms with Gasteiger partial charge in [0, 0.05) is 32.3 Å². The first kappa shape index (κ1) is 19.4. The summed E-state index contributed by atoms with van der Waals surface area (Å²) in [5, 5.41) is 17.2. The minimum Gasteiger partial charge on any atom is -0.383 e. The summed E-state index contributed by atoms with van der Waals surface area (Å²) in [4.78, 5) is 14.8. The molecule has 0 fully saturated rings. The molecule has 2 aromatic carbocycles. The molecule has 7 nitrogen and oxygen atoms in total. The molecule has 2 rings (SSSR count). The zero-order valence-electron chi connectivity index (χ0n) is 14.9. The molecule has 0 aliphatic heterocycles. The smallest absolute Gasteiger partial charge is 0.269 e. The second kappa shape index (κ2) is 10.8. The van der Waals surface area contributed by atoms with Crippen LogP contribution in [0.25, 0.3) is 0 Å². The van der Waals surface area contributed by atoms with E-state index in [4.69, 9.17) is 4.74 Å². The van der Waals surface area contributed by atoms with Gasteiger partial charge in [-0.15, -0.1) is 0 Å². The average Bonchev–Trinajstić information content (AvgIpc) is 2.67. The molecule has 0 spiro atoms. The number of nitrogens with one attached hydrogen (secondary N) is 2. The number of hydrogen-bond donors (Lipinski definition) is 2. The SMILES string of the molecule is COCCNC(=NCc1ccc([N+](=O)[O-])cc1)NCCc1ccccc1. The average molecular weight is 356 g/mol. The molecule has 0 heterocycles. The van der Waals surface area contributed by atoms with E-state index in [0.29, 0.717) is 25.7 Å². The fraction of sp³-hybridized carbons (Fsp3) is 0.316. The Kier molecular flexibility index (Phi) is 8.08. The van der Waals surface area contributed by atoms with Crippen molar-refractivity contribution in [1.82, 2.24) is 10.6 Å². The predicted octanol–water partition coefficient (Wildman–Crippen LogP) is 2.52. The zero-order valence-corrected chi connectivity index (χ0v) is 14.9. The Morgan fingerprint density at radius 2 is 1.73 bits per heavy atom. The van der Waals surface area contributed by atoms with Crippen molar-refractivity contribution >= 4 is 11.6 Å². The lowest BCUT2D eigenvalue weighted by molar-refractivity contribution is -0.384. The maximum absolute atomic E-state index is 10.7. The van der Waals surface area contributed by atoms with Gasteiger partial charge in [-0.3, -0.25) is 10.1 Å². The Morgan fingerprint density at radius 1 is 1.04 bits per heavy atom. The van der Waals surface area contributed by atoms with Gasteiger partial charge in [0.05, 0.1) is 18.1 Å². The molecule has 0 aliphatic rings. The highest BCUT2D eigenvalue weighted by atomic mass is 16.6. The fourth-order valence-corrected chi connectivity index (χ4v) is 2.31. The third-order valence-corrected chi connectivity index (χ3v) is 3.71. The molecular weight excluding hydrogens is 332 g/mol. The van der Waals surface area contributed by atoms with Gasteiger partial charge < -0.3 is 15.4 Å². The molecule has 0 aliphatic carbocycles. The number of rotatable bonds is 9. The number of nitrogens with zero attached hydrogens (tertiary/aromatic N) is 2. The first-order chi connectivity index (χ1) is 12.7. The predicted molar refractivity (Wildman–Crippen MR) is 102 cm³/mol. The van der Waals surface area contributed by atoms with Gasteiger partial charge in [0.25, 0.3) is 5.69 Å². The van der Waals surface area contributed by atoms with Crippen LogP contribution < -0.4 is 10.6 Å². The van der Waals surface area contributed by atoms with E-state index in [-0.39, 0.29) is 5.69 Å². The van der Waals surface area contributed by atoms with Gasteiger partial charge in [-0.25, -0.2) is 4.99 Å². The van der Waals surface area contributed by atoms with Crippen molar-refractivity contribution in [1.29, 1.82) is 0 Å². The number of methoxy groups -OCH3 is 1. The van der Waals surface area contributed by atoms with Crippen LogP contribution in [0.5, 0.6) is 0 Å². The van der Waals surface area contributed by atoms with Crippen LogP contribution in [-0.4, -0.2) is 37.7 Å². The topological polar surface area (TPSA) is 88.8 Å². The molecule has 2 N–H and O–H groups in total. The van der Waals surface area contributed by atoms with Gasteiger partial charge in [-0.2, -0.15) is 0 Å². The summed E-state index contributed by atoms with van der Waals surface area (Å²) in [6.07, 6.45) is 0.892. The number of aliphatic imine (C=N–C) groups is 1. The van der Waals surface area contributed by atoms with Gasteiger partial charge in [0.2, 0.25) is 0 Å². The maximum Gasteiger partial charge on any atom is 0.269 e. The molecule has 0 unspecified atom stereocenters. The molecule has 0 saturated heterocycles. The van der Waals surface area contributed by atoms with Crippen LogP contribution in [-0.2, 0) is 17.7 Å². The lowest BCUT2D eigenvalue weighted by Gasteiger charge is -2.12. The number of ether oxygens (including phenoxy) is 1. The molecule has 0 atom stereocenters. The highest BCUT2D eigenvalue weighted by molar-refractivity contribution is 5.79. The molecule has 2 aromatic rings. The van der Waals surface area contributed by atoms with Crippen LogP contribution in [0.2, 0.25) is 0 Å². The van der Waals surface area contributed by atoms with Crippen LogP contribution in [0.15, 0.2) is 59.6 Å². The van der Waals surface area contributed by atoms with E-state index < -0.39 is 4.92 Å². The number of nitro benzene ring substituents is 1. The highest BCUT2D eigenvalue weighted by Gasteiger charge is 2.04. The normalized spacial score (nSPS) is 11.2. The van der Waals surface area contributed by atoms with E-state index in [1.165, 1.54) is 17.7 Å². The lowest BCUT2D eigenvalue weighted by atomic mass is 10.1. The summed E-state index contributed by atoms with van der Waals surface area (Å²) in [5.74, 6) is 0.691. The molecular formula is C19H24N4O3. The molecule has 0 radical (unpaired) electrons. The number of hydrogen-bond acceptors (Lipinski definition) is 4. The molecule has 0 saturated carbocycles. The van der Waals surface area contributed by atoms with Gasteiger partial charge in [-0.1, -0.05) is 42.5 Å². The summed E-state index contributed by atoms with van der Waals surface area (Å²) in [6.45, 7) is 2.42. The Bertz CT molecular complexity index is 702. The zero-order chi connectivity index (χ0) is 18.6. The standard InChI is InChI=1S/C19H24N4O3/c1-26-14-13-21-19(20-12-11-16-5-3-2-4-6-16)22-15-17-7-9-18(10-8-17)23(24)25/h2-10H,11-15H2,1H3,(H2,20,21,22). The van der Waals surface area contributed by atoms with Crippen molar-refractivity contribution in [3.05, 3.63) is 75.8 Å². The van der Waals surface area contributed by atoms with Gasteiger partial charge in [-0.05, 0) is 17.5 Å². The maximum atomic E-state index is 10.7. The Labute approximate surface area is 153 Å². The molecule has 138 valence electrons. The third kappa shape index (κ3) is 6.90. The first-order valence-electron chi connectivity index (χ1n) is 8.47. The Morgan fingerprint density at radius 3 is 2.38 bits per heavy atom.